The highest BCUT2D eigenvalue weighted by Gasteiger charge is 2.11. The van der Waals surface area contributed by atoms with Gasteiger partial charge in [-0.1, -0.05) is 59.6 Å². The second-order valence-corrected chi connectivity index (χ2v) is 8.10. The smallest absolute Gasteiger partial charge is 0.194 e. The quantitative estimate of drug-likeness (QED) is 0.344. The van der Waals surface area contributed by atoms with Crippen molar-refractivity contribution in [1.29, 1.82) is 0 Å². The molecule has 0 fully saturated rings. The largest absolute Gasteiger partial charge is 0.253 e. The van der Waals surface area contributed by atoms with E-state index in [-0.39, 0.29) is 0 Å². The number of nitrogens with one attached hydrogen (secondary N) is 1. The Morgan fingerprint density at radius 1 is 0.889 bits per heavy atom. The van der Waals surface area contributed by atoms with E-state index in [1.807, 2.05) is 61.5 Å². The predicted octanol–water partition coefficient (Wildman–Crippen LogP) is 5.53. The Labute approximate surface area is 170 Å². The molecule has 4 aromatic rings. The highest BCUT2D eigenvalue weighted by atomic mass is 35.5. The summed E-state index contributed by atoms with van der Waals surface area (Å²) in [6.45, 7) is 2.05. The molecule has 0 radical (unpaired) electrons. The molecule has 27 heavy (non-hydrogen) atoms. The predicted molar refractivity (Wildman–Crippen MR) is 108 cm³/mol. The molecule has 4 rings (SSSR count). The Balaban J connectivity index is 1.53. The molecule has 0 aliphatic rings. The van der Waals surface area contributed by atoms with E-state index >= 15 is 0 Å². The van der Waals surface area contributed by atoms with Gasteiger partial charge in [-0.25, -0.2) is 15.0 Å². The Kier molecular flexibility index (Phi) is 5.42. The van der Waals surface area contributed by atoms with Crippen LogP contribution in [0.1, 0.15) is 5.56 Å². The fourth-order valence-corrected chi connectivity index (χ4v) is 4.16. The summed E-state index contributed by atoms with van der Waals surface area (Å²) in [6, 6.07) is 19.7. The zero-order valence-corrected chi connectivity index (χ0v) is 16.6. The first-order valence-electron chi connectivity index (χ1n) is 8.10. The molecule has 134 valence electrons. The maximum atomic E-state index is 6.17. The molecule has 2 heterocycles. The van der Waals surface area contributed by atoms with Gasteiger partial charge in [-0.3, -0.25) is 5.10 Å². The summed E-state index contributed by atoms with van der Waals surface area (Å²) < 4.78 is 0. The third-order valence-electron chi connectivity index (χ3n) is 3.58. The molecule has 5 nitrogen and oxygen atoms in total. The molecule has 0 atom stereocenters. The fraction of sp³-hybridized carbons (Fsp3) is 0.0526. The summed E-state index contributed by atoms with van der Waals surface area (Å²) in [4.78, 5) is 14.4. The minimum absolute atomic E-state index is 0.393. The van der Waals surface area contributed by atoms with Gasteiger partial charge in [-0.15, -0.1) is 0 Å². The molecular formula is C19H14ClN5S2. The highest BCUT2D eigenvalue weighted by Crippen LogP contribution is 2.30. The lowest BCUT2D eigenvalue weighted by molar-refractivity contribution is 0.885. The van der Waals surface area contributed by atoms with Gasteiger partial charge in [-0.2, -0.15) is 5.10 Å². The van der Waals surface area contributed by atoms with Gasteiger partial charge in [0.05, 0.1) is 0 Å². The summed E-state index contributed by atoms with van der Waals surface area (Å²) in [5.74, 6) is 0.650. The van der Waals surface area contributed by atoms with E-state index in [9.17, 15) is 0 Å². The van der Waals surface area contributed by atoms with Crippen LogP contribution in [0.5, 0.6) is 0 Å². The van der Waals surface area contributed by atoms with Crippen LogP contribution in [0.15, 0.2) is 80.9 Å². The molecule has 0 saturated heterocycles. The SMILES string of the molecule is Cc1ccc(-c2n[nH]c(Sc3cc(Cl)nc(Sc4ccccc4)n3)n2)cc1. The lowest BCUT2D eigenvalue weighted by atomic mass is 10.1. The first-order valence-corrected chi connectivity index (χ1v) is 10.1. The van der Waals surface area contributed by atoms with Crippen LogP contribution in [0.3, 0.4) is 0 Å². The number of benzene rings is 2. The number of aryl methyl sites for hydroxylation is 1. The van der Waals surface area contributed by atoms with Gasteiger partial charge in [-0.05, 0) is 42.6 Å². The van der Waals surface area contributed by atoms with Gasteiger partial charge in [0, 0.05) is 16.5 Å². The lowest BCUT2D eigenvalue weighted by Gasteiger charge is -2.03. The molecule has 0 spiro atoms. The summed E-state index contributed by atoms with van der Waals surface area (Å²) >= 11 is 9.01. The Hall–Kier alpha value is -2.35. The lowest BCUT2D eigenvalue weighted by Crippen LogP contribution is -1.90. The van der Waals surface area contributed by atoms with Crippen LogP contribution in [0, 0.1) is 6.92 Å². The summed E-state index contributed by atoms with van der Waals surface area (Å²) in [7, 11) is 0. The van der Waals surface area contributed by atoms with Crippen molar-refractivity contribution in [2.24, 2.45) is 0 Å². The van der Waals surface area contributed by atoms with Gasteiger partial charge >= 0.3 is 0 Å². The molecule has 0 aliphatic heterocycles. The van der Waals surface area contributed by atoms with Crippen molar-refractivity contribution < 1.29 is 0 Å². The molecule has 0 bridgehead atoms. The van der Waals surface area contributed by atoms with Crippen LogP contribution in [0.4, 0.5) is 0 Å². The van der Waals surface area contributed by atoms with Gasteiger partial charge in [0.1, 0.15) is 10.2 Å². The second-order valence-electron chi connectivity index (χ2n) is 5.66. The molecule has 0 aliphatic carbocycles. The van der Waals surface area contributed by atoms with E-state index in [1.54, 1.807) is 6.07 Å². The van der Waals surface area contributed by atoms with Crippen LogP contribution in [0.25, 0.3) is 11.4 Å². The van der Waals surface area contributed by atoms with Gasteiger partial charge in [0.25, 0.3) is 0 Å². The standard InChI is InChI=1S/C19H14ClN5S2/c1-12-7-9-13(10-8-12)17-23-19(25-24-17)27-16-11-15(20)21-18(22-16)26-14-5-3-2-4-6-14/h2-11H,1H3,(H,23,24,25). The topological polar surface area (TPSA) is 67.3 Å². The van der Waals surface area contributed by atoms with E-state index < -0.39 is 0 Å². The maximum absolute atomic E-state index is 6.17. The Bertz CT molecular complexity index is 1050. The Morgan fingerprint density at radius 2 is 1.67 bits per heavy atom. The molecule has 2 aromatic carbocycles. The minimum atomic E-state index is 0.393. The molecule has 8 heteroatoms. The molecular weight excluding hydrogens is 398 g/mol. The van der Waals surface area contributed by atoms with Gasteiger partial charge < -0.3 is 0 Å². The van der Waals surface area contributed by atoms with Crippen molar-refractivity contribution in [2.45, 2.75) is 27.2 Å². The number of halogens is 1. The Morgan fingerprint density at radius 3 is 2.44 bits per heavy atom. The van der Waals surface area contributed by atoms with Gasteiger partial charge in [0.15, 0.2) is 16.1 Å². The van der Waals surface area contributed by atoms with Crippen molar-refractivity contribution in [3.63, 3.8) is 0 Å². The van der Waals surface area contributed by atoms with E-state index in [4.69, 9.17) is 11.6 Å². The van der Waals surface area contributed by atoms with E-state index in [0.29, 0.717) is 26.3 Å². The van der Waals surface area contributed by atoms with Crippen LogP contribution in [-0.2, 0) is 0 Å². The number of hydrogen-bond donors (Lipinski definition) is 1. The van der Waals surface area contributed by atoms with Crippen molar-refractivity contribution in [1.82, 2.24) is 25.1 Å². The molecule has 2 aromatic heterocycles. The van der Waals surface area contributed by atoms with Crippen LogP contribution >= 0.6 is 35.1 Å². The first-order chi connectivity index (χ1) is 13.2. The average molecular weight is 412 g/mol. The minimum Gasteiger partial charge on any atom is -0.253 e. The molecule has 0 saturated carbocycles. The van der Waals surface area contributed by atoms with E-state index in [2.05, 4.69) is 25.1 Å². The number of aromatic nitrogens is 5. The zero-order chi connectivity index (χ0) is 18.6. The number of aromatic amines is 1. The summed E-state index contributed by atoms with van der Waals surface area (Å²) in [5.41, 5.74) is 2.16. The molecule has 0 amide bonds. The van der Waals surface area contributed by atoms with Crippen molar-refractivity contribution in [2.75, 3.05) is 0 Å². The average Bonchev–Trinajstić information content (AvgIpc) is 3.11. The number of H-pyrrole nitrogens is 1. The fourth-order valence-electron chi connectivity index (χ4n) is 2.29. The normalized spacial score (nSPS) is 10.9. The molecule has 1 N–H and O–H groups in total. The monoisotopic (exact) mass is 411 g/mol. The maximum Gasteiger partial charge on any atom is 0.194 e. The molecule has 0 unspecified atom stereocenters. The zero-order valence-electron chi connectivity index (χ0n) is 14.3. The van der Waals surface area contributed by atoms with Crippen molar-refractivity contribution >= 4 is 35.1 Å². The van der Waals surface area contributed by atoms with Crippen LogP contribution in [-0.4, -0.2) is 25.1 Å². The number of rotatable bonds is 5. The van der Waals surface area contributed by atoms with E-state index in [1.165, 1.54) is 29.1 Å². The third-order valence-corrected chi connectivity index (χ3v) is 5.44. The van der Waals surface area contributed by atoms with Crippen LogP contribution in [0.2, 0.25) is 5.15 Å². The first kappa shape index (κ1) is 18.0. The number of nitrogens with zero attached hydrogens (tertiary/aromatic N) is 4. The van der Waals surface area contributed by atoms with Crippen LogP contribution < -0.4 is 0 Å². The van der Waals surface area contributed by atoms with Crippen molar-refractivity contribution in [3.8, 4) is 11.4 Å². The highest BCUT2D eigenvalue weighted by molar-refractivity contribution is 7.99. The second kappa shape index (κ2) is 8.12. The van der Waals surface area contributed by atoms with Gasteiger partial charge in [0.2, 0.25) is 0 Å². The summed E-state index contributed by atoms with van der Waals surface area (Å²) in [5, 5.41) is 9.58. The summed E-state index contributed by atoms with van der Waals surface area (Å²) in [6.07, 6.45) is 0. The number of hydrogen-bond acceptors (Lipinski definition) is 6. The third kappa shape index (κ3) is 4.68. The van der Waals surface area contributed by atoms with E-state index in [0.717, 1.165) is 10.5 Å². The van der Waals surface area contributed by atoms with Crippen molar-refractivity contribution in [3.05, 3.63) is 71.4 Å².